The first-order valence-corrected chi connectivity index (χ1v) is 12.7. The van der Waals surface area contributed by atoms with Gasteiger partial charge in [0, 0.05) is 43.9 Å². The molecule has 1 aromatic carbocycles. The van der Waals surface area contributed by atoms with E-state index in [0.29, 0.717) is 12.0 Å². The van der Waals surface area contributed by atoms with E-state index in [-0.39, 0.29) is 0 Å². The largest absolute Gasteiger partial charge is 0.384 e. The number of allylic oxidation sites excluding steroid dienone is 2. The van der Waals surface area contributed by atoms with Crippen LogP contribution >= 0.6 is 0 Å². The summed E-state index contributed by atoms with van der Waals surface area (Å²) in [5.74, 6) is 3.15. The molecular weight excluding hydrogens is 420 g/mol. The summed E-state index contributed by atoms with van der Waals surface area (Å²) in [5, 5.41) is 7.04. The number of aromatic nitrogens is 2. The lowest BCUT2D eigenvalue weighted by Gasteiger charge is -2.30. The number of hydrogen-bond donors (Lipinski definition) is 2. The average molecular weight is 457 g/mol. The van der Waals surface area contributed by atoms with Crippen LogP contribution < -0.4 is 20.4 Å². The molecule has 1 aromatic heterocycles. The number of piperidine rings is 1. The zero-order chi connectivity index (χ0) is 23.3. The van der Waals surface area contributed by atoms with Crippen LogP contribution in [0.2, 0.25) is 0 Å². The molecule has 0 spiro atoms. The smallest absolute Gasteiger partial charge is 0.229 e. The zero-order valence-electron chi connectivity index (χ0n) is 20.4. The highest BCUT2D eigenvalue weighted by Gasteiger charge is 2.27. The minimum Gasteiger partial charge on any atom is -0.384 e. The molecule has 2 aliphatic heterocycles. The van der Waals surface area contributed by atoms with Gasteiger partial charge in [0.2, 0.25) is 5.95 Å². The maximum absolute atomic E-state index is 5.05. The summed E-state index contributed by atoms with van der Waals surface area (Å²) < 4.78 is 0. The van der Waals surface area contributed by atoms with Crippen molar-refractivity contribution in [3.05, 3.63) is 72.0 Å². The summed E-state index contributed by atoms with van der Waals surface area (Å²) in [6, 6.07) is 11.0. The fourth-order valence-corrected chi connectivity index (χ4v) is 5.02. The minimum atomic E-state index is 0.402. The van der Waals surface area contributed by atoms with Crippen molar-refractivity contribution in [2.45, 2.75) is 45.6 Å². The lowest BCUT2D eigenvalue weighted by Crippen LogP contribution is -2.32. The Labute approximate surface area is 203 Å². The molecule has 2 aromatic rings. The van der Waals surface area contributed by atoms with Crippen LogP contribution in [0.1, 0.15) is 38.2 Å². The van der Waals surface area contributed by atoms with E-state index in [2.05, 4.69) is 95.1 Å². The molecule has 0 radical (unpaired) electrons. The van der Waals surface area contributed by atoms with Gasteiger partial charge >= 0.3 is 0 Å². The van der Waals surface area contributed by atoms with Gasteiger partial charge in [-0.05, 0) is 63.4 Å². The van der Waals surface area contributed by atoms with Gasteiger partial charge in [0.1, 0.15) is 11.6 Å². The Morgan fingerprint density at radius 2 is 1.85 bits per heavy atom. The number of rotatable bonds is 8. The molecule has 6 nitrogen and oxygen atoms in total. The number of hydrogen-bond acceptors (Lipinski definition) is 6. The molecule has 2 N–H and O–H groups in total. The molecule has 178 valence electrons. The summed E-state index contributed by atoms with van der Waals surface area (Å²) in [5.41, 5.74) is 3.75. The third kappa shape index (κ3) is 5.11. The Balaban J connectivity index is 1.36. The third-order valence-electron chi connectivity index (χ3n) is 7.06. The first-order valence-electron chi connectivity index (χ1n) is 12.7. The molecule has 1 fully saturated rings. The van der Waals surface area contributed by atoms with Crippen LogP contribution in [-0.2, 0) is 0 Å². The molecule has 3 heterocycles. The fraction of sp³-hybridized carbons (Fsp3) is 0.429. The predicted octanol–water partition coefficient (Wildman–Crippen LogP) is 5.33. The Kier molecular flexibility index (Phi) is 6.84. The summed E-state index contributed by atoms with van der Waals surface area (Å²) in [7, 11) is 0. The number of anilines is 4. The second-order valence-electron chi connectivity index (χ2n) is 9.49. The highest BCUT2D eigenvalue weighted by molar-refractivity contribution is 5.62. The Morgan fingerprint density at radius 3 is 2.65 bits per heavy atom. The summed E-state index contributed by atoms with van der Waals surface area (Å²) in [6.45, 7) is 8.20. The van der Waals surface area contributed by atoms with Crippen LogP contribution in [0, 0.1) is 12.8 Å². The zero-order valence-corrected chi connectivity index (χ0v) is 20.4. The molecule has 0 amide bonds. The van der Waals surface area contributed by atoms with Gasteiger partial charge < -0.3 is 20.4 Å². The highest BCUT2D eigenvalue weighted by atomic mass is 15.3. The van der Waals surface area contributed by atoms with Crippen molar-refractivity contribution < 1.29 is 0 Å². The molecule has 5 rings (SSSR count). The van der Waals surface area contributed by atoms with Gasteiger partial charge in [-0.2, -0.15) is 9.97 Å². The van der Waals surface area contributed by atoms with E-state index < -0.39 is 0 Å². The van der Waals surface area contributed by atoms with Gasteiger partial charge in [0.05, 0.1) is 6.04 Å². The number of fused-ring (bicyclic) bond motifs is 1. The summed E-state index contributed by atoms with van der Waals surface area (Å²) >= 11 is 0. The van der Waals surface area contributed by atoms with Gasteiger partial charge in [0.25, 0.3) is 0 Å². The fourth-order valence-electron chi connectivity index (χ4n) is 5.02. The minimum absolute atomic E-state index is 0.402. The van der Waals surface area contributed by atoms with Crippen molar-refractivity contribution in [2.75, 3.05) is 41.3 Å². The second kappa shape index (κ2) is 10.3. The molecule has 2 atom stereocenters. The Morgan fingerprint density at radius 1 is 1.06 bits per heavy atom. The number of nitrogens with zero attached hydrogens (tertiary/aromatic N) is 4. The van der Waals surface area contributed by atoms with Gasteiger partial charge in [-0.25, -0.2) is 0 Å². The maximum atomic E-state index is 5.05. The van der Waals surface area contributed by atoms with Crippen LogP contribution in [-0.4, -0.2) is 42.2 Å². The Hall–Kier alpha value is -3.28. The van der Waals surface area contributed by atoms with Crippen LogP contribution in [0.3, 0.4) is 0 Å². The Bertz CT molecular complexity index is 1060. The topological polar surface area (TPSA) is 56.3 Å². The van der Waals surface area contributed by atoms with Crippen LogP contribution in [0.4, 0.5) is 23.3 Å². The molecule has 1 aliphatic carbocycles. The molecule has 1 saturated heterocycles. The van der Waals surface area contributed by atoms with Gasteiger partial charge in [-0.3, -0.25) is 0 Å². The molecular formula is C28H36N6. The SMILES string of the molecule is CCN(CCC1=CNC2C=CC=CC12)c1nc(Nc2ccc(C)cc2)cc(N2CCCCC2)n1. The first kappa shape index (κ1) is 22.5. The van der Waals surface area contributed by atoms with Gasteiger partial charge in [-0.1, -0.05) is 42.0 Å². The molecule has 3 aliphatic rings. The van der Waals surface area contributed by atoms with E-state index >= 15 is 0 Å². The molecule has 2 unspecified atom stereocenters. The van der Waals surface area contributed by atoms with E-state index in [0.717, 1.165) is 55.9 Å². The van der Waals surface area contributed by atoms with E-state index in [9.17, 15) is 0 Å². The number of aryl methyl sites for hydroxylation is 1. The average Bonchev–Trinajstić information content (AvgIpc) is 3.29. The van der Waals surface area contributed by atoms with Crippen molar-refractivity contribution in [2.24, 2.45) is 5.92 Å². The van der Waals surface area contributed by atoms with E-state index in [4.69, 9.17) is 9.97 Å². The monoisotopic (exact) mass is 456 g/mol. The molecule has 0 bridgehead atoms. The van der Waals surface area contributed by atoms with Crippen LogP contribution in [0.15, 0.2) is 66.4 Å². The number of nitrogens with one attached hydrogen (secondary N) is 2. The molecule has 6 heteroatoms. The van der Waals surface area contributed by atoms with Crippen molar-refractivity contribution in [1.29, 1.82) is 0 Å². The first-order chi connectivity index (χ1) is 16.7. The van der Waals surface area contributed by atoms with Crippen molar-refractivity contribution in [3.63, 3.8) is 0 Å². The quantitative estimate of drug-likeness (QED) is 0.560. The number of benzene rings is 1. The summed E-state index contributed by atoms with van der Waals surface area (Å²) in [4.78, 5) is 14.7. The van der Waals surface area contributed by atoms with Gasteiger partial charge in [-0.15, -0.1) is 0 Å². The highest BCUT2D eigenvalue weighted by Crippen LogP contribution is 2.30. The van der Waals surface area contributed by atoms with E-state index in [1.165, 1.54) is 30.4 Å². The van der Waals surface area contributed by atoms with Crippen LogP contribution in [0.25, 0.3) is 0 Å². The standard InChI is InChI=1S/C28H36N6/c1-3-33(18-15-22-20-29-25-10-6-5-9-24(22)25)28-31-26(30-23-13-11-21(2)12-14-23)19-27(32-28)34-16-7-4-8-17-34/h5-6,9-14,19-20,24-25,29H,3-4,7-8,15-18H2,1-2H3,(H,30,31,32). The lowest BCUT2D eigenvalue weighted by molar-refractivity contribution is 0.572. The van der Waals surface area contributed by atoms with Gasteiger partial charge in [0.15, 0.2) is 0 Å². The maximum Gasteiger partial charge on any atom is 0.229 e. The summed E-state index contributed by atoms with van der Waals surface area (Å²) in [6.07, 6.45) is 15.8. The van der Waals surface area contributed by atoms with Crippen molar-refractivity contribution in [1.82, 2.24) is 15.3 Å². The third-order valence-corrected chi connectivity index (χ3v) is 7.06. The molecule has 0 saturated carbocycles. The molecule has 34 heavy (non-hydrogen) atoms. The van der Waals surface area contributed by atoms with E-state index in [1.807, 2.05) is 0 Å². The van der Waals surface area contributed by atoms with Crippen LogP contribution in [0.5, 0.6) is 0 Å². The van der Waals surface area contributed by atoms with Crippen molar-refractivity contribution >= 4 is 23.3 Å². The normalized spacial score (nSPS) is 21.1. The lowest BCUT2D eigenvalue weighted by atomic mass is 9.90. The second-order valence-corrected chi connectivity index (χ2v) is 9.49. The van der Waals surface area contributed by atoms with E-state index in [1.54, 1.807) is 0 Å². The predicted molar refractivity (Wildman–Crippen MR) is 142 cm³/mol. The van der Waals surface area contributed by atoms with Crippen molar-refractivity contribution in [3.8, 4) is 0 Å².